The third-order valence-corrected chi connectivity index (χ3v) is 26.8. The summed E-state index contributed by atoms with van der Waals surface area (Å²) in [5.41, 5.74) is 12.3. The Hall–Kier alpha value is -12.1. The third-order valence-electron chi connectivity index (χ3n) is 26.8. The van der Waals surface area contributed by atoms with Crippen LogP contribution in [0.5, 0.6) is 69.0 Å². The van der Waals surface area contributed by atoms with Gasteiger partial charge >= 0.3 is 0 Å². The first-order valence-corrected chi connectivity index (χ1v) is 50.5. The maximum atomic E-state index is 10.6. The molecule has 0 aliphatic carbocycles. The highest BCUT2D eigenvalue weighted by atomic mass is 16.5. The molecular weight excluding hydrogens is 1810 g/mol. The van der Waals surface area contributed by atoms with Gasteiger partial charge in [0.1, 0.15) is 147 Å². The first kappa shape index (κ1) is 114. The smallest absolute Gasteiger partial charge is 0.122 e. The largest absolute Gasteiger partial charge is 0.493 e. The highest BCUT2D eigenvalue weighted by Crippen LogP contribution is 2.41. The molecule has 7 atom stereocenters. The monoisotopic (exact) mass is 1970 g/mol. The van der Waals surface area contributed by atoms with Gasteiger partial charge in [0.2, 0.25) is 0 Å². The van der Waals surface area contributed by atoms with Gasteiger partial charge < -0.3 is 103 Å². The van der Waals surface area contributed by atoms with E-state index in [0.717, 1.165) is 101 Å². The van der Waals surface area contributed by atoms with Gasteiger partial charge in [-0.15, -0.1) is 0 Å². The molecule has 0 bridgehead atoms. The first-order valence-electron chi connectivity index (χ1n) is 50.5. The van der Waals surface area contributed by atoms with Gasteiger partial charge in [-0.05, 0) is 232 Å². The van der Waals surface area contributed by atoms with E-state index in [9.17, 15) is 46.0 Å². The molecule has 0 aliphatic heterocycles. The lowest BCUT2D eigenvalue weighted by Gasteiger charge is -2.27. The highest BCUT2D eigenvalue weighted by molar-refractivity contribution is 5.49. The van der Waals surface area contributed by atoms with Gasteiger partial charge in [0.25, 0.3) is 0 Å². The zero-order valence-electron chi connectivity index (χ0n) is 87.6. The van der Waals surface area contributed by atoms with Crippen LogP contribution in [0.3, 0.4) is 0 Å². The molecule has 0 aliphatic rings. The fourth-order valence-electron chi connectivity index (χ4n) is 15.7. The van der Waals surface area contributed by atoms with Crippen molar-refractivity contribution in [1.29, 1.82) is 0 Å². The summed E-state index contributed by atoms with van der Waals surface area (Å²) in [6.45, 7) is 41.0. The molecule has 774 valence electrons. The summed E-state index contributed by atoms with van der Waals surface area (Å²) in [5.74, 6) is 8.95. The van der Waals surface area contributed by atoms with Gasteiger partial charge in [0.15, 0.2) is 0 Å². The van der Waals surface area contributed by atoms with Crippen molar-refractivity contribution in [3.8, 4) is 69.0 Å². The summed E-state index contributed by atoms with van der Waals surface area (Å²) in [6, 6.07) is 95.9. The van der Waals surface area contributed by atoms with E-state index in [2.05, 4.69) is 192 Å². The summed E-state index contributed by atoms with van der Waals surface area (Å²) >= 11 is 0. The second kappa shape index (κ2) is 54.7. The fourth-order valence-corrected chi connectivity index (χ4v) is 15.7. The lowest BCUT2D eigenvalue weighted by molar-refractivity contribution is 0.0626. The van der Waals surface area contributed by atoms with Crippen LogP contribution in [0.4, 0.5) is 0 Å². The molecule has 12 aromatic rings. The van der Waals surface area contributed by atoms with Crippen molar-refractivity contribution in [2.75, 3.05) is 99.1 Å². The number of aliphatic hydroxyl groups is 9. The SMILES string of the molecule is CC(CO)COc1ccc(C(C)(C)c2ccc(OCC(O)COc3ccc(C(C)(C)c4ccc(OCC(C)CO)cc4)cc3)cc2)cc1.CCC(O)COc1ccc(C(C)(C)c2ccc(OCC(O)COc3ccc(C(C)(C)c4ccc(OCC(C)CO)cc4)cc3)cc2)cc1.CCC(O)COc1ccc(C(C)(C)c2ccc(OCC(O)COc3ccc(C(C)(C)c4ccc(OCC(O)CC)cc4)cc3)cc2)cc1. The maximum Gasteiger partial charge on any atom is 0.122 e. The van der Waals surface area contributed by atoms with E-state index in [0.29, 0.717) is 73.6 Å². The number of hydrogen-bond donors (Lipinski definition) is 9. The summed E-state index contributed by atoms with van der Waals surface area (Å²) in [4.78, 5) is 0. The summed E-state index contributed by atoms with van der Waals surface area (Å²) in [5, 5.41) is 88.5. The predicted octanol–water partition coefficient (Wildman–Crippen LogP) is 21.9. The Labute approximate surface area is 854 Å². The fraction of sp³-hybridized carbons (Fsp3) is 0.415. The van der Waals surface area contributed by atoms with Crippen LogP contribution in [0, 0.1) is 17.8 Å². The van der Waals surface area contributed by atoms with Crippen LogP contribution in [-0.2, 0) is 32.5 Å². The van der Waals surface area contributed by atoms with Gasteiger partial charge in [0, 0.05) is 70.1 Å². The van der Waals surface area contributed by atoms with Crippen molar-refractivity contribution >= 4 is 0 Å². The average Bonchev–Trinajstić information content (AvgIpc) is 0.823. The van der Waals surface area contributed by atoms with E-state index in [1.54, 1.807) is 0 Å². The molecule has 0 radical (unpaired) electrons. The molecule has 0 amide bonds. The number of benzene rings is 12. The number of rotatable bonds is 54. The first-order chi connectivity index (χ1) is 68.7. The molecule has 0 saturated heterocycles. The minimum atomic E-state index is -0.796. The van der Waals surface area contributed by atoms with Crippen molar-refractivity contribution in [2.24, 2.45) is 17.8 Å². The lowest BCUT2D eigenvalue weighted by Crippen LogP contribution is -2.25. The zero-order valence-corrected chi connectivity index (χ0v) is 87.6. The van der Waals surface area contributed by atoms with E-state index in [1.165, 1.54) is 0 Å². The Kier molecular flexibility index (Phi) is 43.2. The molecule has 0 aromatic heterocycles. The molecule has 0 saturated carbocycles. The van der Waals surface area contributed by atoms with E-state index < -0.39 is 36.6 Å². The number of aliphatic hydroxyl groups excluding tert-OH is 9. The Morgan fingerprint density at radius 1 is 0.160 bits per heavy atom. The molecule has 0 spiro atoms. The van der Waals surface area contributed by atoms with Gasteiger partial charge in [-0.2, -0.15) is 0 Å². The van der Waals surface area contributed by atoms with Gasteiger partial charge in [0.05, 0.1) is 38.1 Å². The molecule has 21 nitrogen and oxygen atoms in total. The highest BCUT2D eigenvalue weighted by Gasteiger charge is 2.31. The Morgan fingerprint density at radius 3 is 0.340 bits per heavy atom. The van der Waals surface area contributed by atoms with Crippen LogP contribution >= 0.6 is 0 Å². The van der Waals surface area contributed by atoms with Crippen molar-refractivity contribution in [1.82, 2.24) is 0 Å². The molecule has 0 fully saturated rings. The van der Waals surface area contributed by atoms with Crippen LogP contribution in [-0.4, -0.2) is 182 Å². The molecule has 9 N–H and O–H groups in total. The van der Waals surface area contributed by atoms with Crippen LogP contribution in [0.15, 0.2) is 291 Å². The van der Waals surface area contributed by atoms with Crippen LogP contribution < -0.4 is 56.8 Å². The van der Waals surface area contributed by atoms with Gasteiger partial charge in [-0.25, -0.2) is 0 Å². The standard InChI is InChI=1S/3C41H52O7/c1-29(23-42)25-45-36-15-7-31(8-16-36)40(3,4)33-11-19-38(20-12-33)47-27-35(44)28-48-39-21-13-34(14-22-39)41(5,6)32-9-17-37(18-10-32)46-26-30(2)24-43;1-7-34(43)26-46-37-18-10-31(11-19-37)41(5,6)33-14-22-39(23-15-33)48-28-35(44)27-47-38-20-12-32(13-21-38)40(3,4)30-8-16-36(17-9-30)45-25-29(2)24-42;1-7-33(42)25-45-36-17-9-29(10-18-36)40(3,4)31-13-21-38(22-14-31)47-27-35(44)28-48-39-23-15-32(16-24-39)41(5,6)30-11-19-37(20-12-30)46-26-34(43)8-2/h7-22,29-30,35,42-44H,23-28H2,1-6H3;8-23,29,34-35,42-44H,7,24-28H2,1-6H3;9-24,33-35,42-44H,7-8,25-28H2,1-6H3. The molecule has 144 heavy (non-hydrogen) atoms. The lowest BCUT2D eigenvalue weighted by atomic mass is 9.78. The maximum absolute atomic E-state index is 10.6. The average molecular weight is 1970 g/mol. The van der Waals surface area contributed by atoms with Crippen LogP contribution in [0.25, 0.3) is 0 Å². The van der Waals surface area contributed by atoms with E-state index in [4.69, 9.17) is 56.8 Å². The van der Waals surface area contributed by atoms with Gasteiger partial charge in [-0.1, -0.05) is 270 Å². The second-order valence-corrected chi connectivity index (χ2v) is 40.8. The van der Waals surface area contributed by atoms with E-state index in [-0.39, 0.29) is 130 Å². The van der Waals surface area contributed by atoms with Crippen LogP contribution in [0.1, 0.15) is 211 Å². The summed E-state index contributed by atoms with van der Waals surface area (Å²) < 4.78 is 69.6. The van der Waals surface area contributed by atoms with E-state index in [1.807, 2.05) is 224 Å². The van der Waals surface area contributed by atoms with Crippen molar-refractivity contribution in [2.45, 2.75) is 213 Å². The normalized spacial score (nSPS) is 13.8. The molecule has 0 heterocycles. The molecule has 21 heteroatoms. The molecular formula is C123H156O21. The Balaban J connectivity index is 0.000000222. The molecule has 12 rings (SSSR count). The summed E-state index contributed by atoms with van der Waals surface area (Å²) in [7, 11) is 0. The second-order valence-electron chi connectivity index (χ2n) is 40.8. The van der Waals surface area contributed by atoms with E-state index >= 15 is 0 Å². The third kappa shape index (κ3) is 34.0. The minimum Gasteiger partial charge on any atom is -0.493 e. The minimum absolute atomic E-state index is 0.0941. The molecule has 7 unspecified atom stereocenters. The number of hydrogen-bond acceptors (Lipinski definition) is 21. The van der Waals surface area contributed by atoms with Crippen molar-refractivity contribution < 1.29 is 103 Å². The zero-order chi connectivity index (χ0) is 104. The van der Waals surface area contributed by atoms with Crippen LogP contribution in [0.2, 0.25) is 0 Å². The topological polar surface area (TPSA) is 293 Å². The summed E-state index contributed by atoms with van der Waals surface area (Å²) in [6.07, 6.45) is -1.79. The Morgan fingerprint density at radius 2 is 0.250 bits per heavy atom. The predicted molar refractivity (Wildman–Crippen MR) is 572 cm³/mol. The van der Waals surface area contributed by atoms with Crippen molar-refractivity contribution in [3.63, 3.8) is 0 Å². The quantitative estimate of drug-likeness (QED) is 0.0171. The van der Waals surface area contributed by atoms with Gasteiger partial charge in [-0.3, -0.25) is 0 Å². The van der Waals surface area contributed by atoms with Crippen molar-refractivity contribution in [3.05, 3.63) is 358 Å². The number of ether oxygens (including phenoxy) is 12. The Bertz CT molecular complexity index is 4740. The molecule has 12 aromatic carbocycles.